The SMILES string of the molecule is C=CCCC(C)(Nc1ccccc1F)C(=O)O. The van der Waals surface area contributed by atoms with Crippen molar-refractivity contribution < 1.29 is 14.3 Å². The van der Waals surface area contributed by atoms with E-state index in [1.54, 1.807) is 18.2 Å². The molecule has 0 spiro atoms. The second kappa shape index (κ2) is 5.48. The van der Waals surface area contributed by atoms with Crippen molar-refractivity contribution >= 4 is 11.7 Å². The highest BCUT2D eigenvalue weighted by Crippen LogP contribution is 2.22. The monoisotopic (exact) mass is 237 g/mol. The van der Waals surface area contributed by atoms with Crippen LogP contribution in [0.3, 0.4) is 0 Å². The van der Waals surface area contributed by atoms with Crippen LogP contribution in [0.4, 0.5) is 10.1 Å². The van der Waals surface area contributed by atoms with Crippen molar-refractivity contribution in [2.75, 3.05) is 5.32 Å². The fraction of sp³-hybridized carbons (Fsp3) is 0.308. The summed E-state index contributed by atoms with van der Waals surface area (Å²) in [7, 11) is 0. The maximum Gasteiger partial charge on any atom is 0.329 e. The molecule has 1 aromatic carbocycles. The summed E-state index contributed by atoms with van der Waals surface area (Å²) in [5.74, 6) is -1.47. The number of carboxylic acid groups (broad SMARTS) is 1. The van der Waals surface area contributed by atoms with Gasteiger partial charge in [-0.05, 0) is 31.9 Å². The molecule has 1 rings (SSSR count). The lowest BCUT2D eigenvalue weighted by atomic mass is 9.95. The summed E-state index contributed by atoms with van der Waals surface area (Å²) in [6.45, 7) is 5.09. The molecule has 0 aromatic heterocycles. The molecule has 0 amide bonds. The van der Waals surface area contributed by atoms with Gasteiger partial charge in [-0.25, -0.2) is 9.18 Å². The molecule has 0 radical (unpaired) electrons. The Kier molecular flexibility index (Phi) is 4.26. The minimum absolute atomic E-state index is 0.196. The van der Waals surface area contributed by atoms with Crippen LogP contribution in [0.1, 0.15) is 19.8 Å². The maximum atomic E-state index is 13.4. The maximum absolute atomic E-state index is 13.4. The van der Waals surface area contributed by atoms with Crippen molar-refractivity contribution in [3.05, 3.63) is 42.7 Å². The molecule has 3 nitrogen and oxygen atoms in total. The van der Waals surface area contributed by atoms with Gasteiger partial charge in [0.05, 0.1) is 5.69 Å². The van der Waals surface area contributed by atoms with Gasteiger partial charge in [0.1, 0.15) is 11.4 Å². The van der Waals surface area contributed by atoms with Crippen LogP contribution in [0.2, 0.25) is 0 Å². The lowest BCUT2D eigenvalue weighted by molar-refractivity contribution is -0.141. The third-order valence-corrected chi connectivity index (χ3v) is 2.60. The summed E-state index contributed by atoms with van der Waals surface area (Å²) >= 11 is 0. The Morgan fingerprint density at radius 3 is 2.76 bits per heavy atom. The normalized spacial score (nSPS) is 13.8. The minimum Gasteiger partial charge on any atom is -0.480 e. The highest BCUT2D eigenvalue weighted by atomic mass is 19.1. The van der Waals surface area contributed by atoms with E-state index < -0.39 is 17.3 Å². The molecule has 0 aliphatic rings. The van der Waals surface area contributed by atoms with Crippen LogP contribution >= 0.6 is 0 Å². The van der Waals surface area contributed by atoms with Crippen LogP contribution in [0.25, 0.3) is 0 Å². The Morgan fingerprint density at radius 1 is 1.59 bits per heavy atom. The number of hydrogen-bond acceptors (Lipinski definition) is 2. The van der Waals surface area contributed by atoms with Crippen LogP contribution in [0.15, 0.2) is 36.9 Å². The number of anilines is 1. The van der Waals surface area contributed by atoms with Crippen molar-refractivity contribution in [3.8, 4) is 0 Å². The largest absolute Gasteiger partial charge is 0.480 e. The van der Waals surface area contributed by atoms with Gasteiger partial charge in [0.25, 0.3) is 0 Å². The van der Waals surface area contributed by atoms with Crippen molar-refractivity contribution in [3.63, 3.8) is 0 Å². The van der Waals surface area contributed by atoms with Crippen LogP contribution in [0, 0.1) is 5.82 Å². The number of nitrogens with one attached hydrogen (secondary N) is 1. The average molecular weight is 237 g/mol. The molecule has 92 valence electrons. The Hall–Kier alpha value is -1.84. The van der Waals surface area contributed by atoms with Crippen LogP contribution < -0.4 is 5.32 Å². The average Bonchev–Trinajstić information content (AvgIpc) is 2.29. The summed E-state index contributed by atoms with van der Waals surface area (Å²) in [5.41, 5.74) is -1.00. The standard InChI is InChI=1S/C13H16FNO2/c1-3-4-9-13(2,12(16)17)15-11-8-6-5-7-10(11)14/h3,5-8,15H,1,4,9H2,2H3,(H,16,17). The number of para-hydroxylation sites is 1. The molecule has 1 aromatic rings. The fourth-order valence-electron chi connectivity index (χ4n) is 1.47. The zero-order chi connectivity index (χ0) is 12.9. The van der Waals surface area contributed by atoms with Gasteiger partial charge >= 0.3 is 5.97 Å². The highest BCUT2D eigenvalue weighted by molar-refractivity contribution is 5.82. The first kappa shape index (κ1) is 13.2. The van der Waals surface area contributed by atoms with Crippen LogP contribution in [0.5, 0.6) is 0 Å². The number of carboxylic acids is 1. The summed E-state index contributed by atoms with van der Waals surface area (Å²) in [4.78, 5) is 11.2. The van der Waals surface area contributed by atoms with Crippen LogP contribution in [-0.2, 0) is 4.79 Å². The lowest BCUT2D eigenvalue weighted by Crippen LogP contribution is -2.43. The van der Waals surface area contributed by atoms with E-state index in [1.807, 2.05) is 0 Å². The zero-order valence-electron chi connectivity index (χ0n) is 9.74. The Bertz CT molecular complexity index is 420. The number of hydrogen-bond donors (Lipinski definition) is 2. The van der Waals surface area contributed by atoms with Crippen molar-refractivity contribution in [2.45, 2.75) is 25.3 Å². The van der Waals surface area contributed by atoms with E-state index >= 15 is 0 Å². The zero-order valence-corrected chi connectivity index (χ0v) is 9.74. The molecule has 0 aliphatic carbocycles. The van der Waals surface area contributed by atoms with Gasteiger partial charge in [-0.3, -0.25) is 0 Å². The fourth-order valence-corrected chi connectivity index (χ4v) is 1.47. The van der Waals surface area contributed by atoms with Gasteiger partial charge < -0.3 is 10.4 Å². The van der Waals surface area contributed by atoms with E-state index in [0.29, 0.717) is 12.8 Å². The Morgan fingerprint density at radius 2 is 2.24 bits per heavy atom. The molecule has 0 aliphatic heterocycles. The number of halogens is 1. The Balaban J connectivity index is 2.90. The third-order valence-electron chi connectivity index (χ3n) is 2.60. The first-order valence-corrected chi connectivity index (χ1v) is 5.36. The molecule has 0 bridgehead atoms. The van der Waals surface area contributed by atoms with E-state index in [4.69, 9.17) is 0 Å². The molecular formula is C13H16FNO2. The minimum atomic E-state index is -1.20. The summed E-state index contributed by atoms with van der Waals surface area (Å²) in [6, 6.07) is 6.02. The predicted molar refractivity (Wildman–Crippen MR) is 65.5 cm³/mol. The van der Waals surface area contributed by atoms with E-state index in [9.17, 15) is 14.3 Å². The molecule has 0 saturated carbocycles. The molecule has 0 saturated heterocycles. The number of allylic oxidation sites excluding steroid dienone is 1. The topological polar surface area (TPSA) is 49.3 Å². The molecule has 0 fully saturated rings. The van der Waals surface area contributed by atoms with E-state index in [-0.39, 0.29) is 5.69 Å². The molecule has 2 N–H and O–H groups in total. The smallest absolute Gasteiger partial charge is 0.329 e. The first-order chi connectivity index (χ1) is 7.99. The molecule has 4 heteroatoms. The van der Waals surface area contributed by atoms with Gasteiger partial charge in [0.15, 0.2) is 0 Å². The van der Waals surface area contributed by atoms with Crippen LogP contribution in [-0.4, -0.2) is 16.6 Å². The number of rotatable bonds is 6. The van der Waals surface area contributed by atoms with Crippen molar-refractivity contribution in [1.29, 1.82) is 0 Å². The molecule has 1 atom stereocenters. The van der Waals surface area contributed by atoms with Crippen molar-refractivity contribution in [1.82, 2.24) is 0 Å². The number of aliphatic carboxylic acids is 1. The van der Waals surface area contributed by atoms with Gasteiger partial charge in [-0.2, -0.15) is 0 Å². The third kappa shape index (κ3) is 3.31. The lowest BCUT2D eigenvalue weighted by Gasteiger charge is -2.27. The van der Waals surface area contributed by atoms with Crippen molar-refractivity contribution in [2.24, 2.45) is 0 Å². The Labute approximate surface area is 100.0 Å². The summed E-state index contributed by atoms with van der Waals surface area (Å²) in [5, 5.41) is 11.9. The van der Waals surface area contributed by atoms with Gasteiger partial charge in [-0.15, -0.1) is 6.58 Å². The number of carbonyl (C=O) groups is 1. The van der Waals surface area contributed by atoms with Gasteiger partial charge in [0, 0.05) is 0 Å². The highest BCUT2D eigenvalue weighted by Gasteiger charge is 2.32. The van der Waals surface area contributed by atoms with E-state index in [1.165, 1.54) is 19.1 Å². The van der Waals surface area contributed by atoms with E-state index in [2.05, 4.69) is 11.9 Å². The quantitative estimate of drug-likeness (QED) is 0.747. The molecule has 1 unspecified atom stereocenters. The van der Waals surface area contributed by atoms with Gasteiger partial charge in [0.2, 0.25) is 0 Å². The second-order valence-electron chi connectivity index (χ2n) is 4.07. The van der Waals surface area contributed by atoms with E-state index in [0.717, 1.165) is 0 Å². The predicted octanol–water partition coefficient (Wildman–Crippen LogP) is 3.05. The summed E-state index contributed by atoms with van der Waals surface area (Å²) in [6.07, 6.45) is 2.54. The number of benzene rings is 1. The van der Waals surface area contributed by atoms with Gasteiger partial charge in [-0.1, -0.05) is 18.2 Å². The second-order valence-corrected chi connectivity index (χ2v) is 4.07. The first-order valence-electron chi connectivity index (χ1n) is 5.36. The summed E-state index contributed by atoms with van der Waals surface area (Å²) < 4.78 is 13.4. The molecular weight excluding hydrogens is 221 g/mol. The molecule has 17 heavy (non-hydrogen) atoms. The molecule has 0 heterocycles.